The molecule has 1 N–H and O–H groups in total. The second-order valence-electron chi connectivity index (χ2n) is 12.4. The van der Waals surface area contributed by atoms with Crippen LogP contribution in [-0.2, 0) is 32.6 Å². The Hall–Kier alpha value is -3.85. The smallest absolute Gasteiger partial charge is 0.264 e. The highest BCUT2D eigenvalue weighted by molar-refractivity contribution is 7.92. The summed E-state index contributed by atoms with van der Waals surface area (Å²) in [6, 6.07) is 27.2. The number of nitrogens with one attached hydrogen (secondary N) is 1. The summed E-state index contributed by atoms with van der Waals surface area (Å²) in [6.45, 7) is 3.34. The molecule has 0 aliphatic heterocycles. The maximum absolute atomic E-state index is 14.7. The Labute approximate surface area is 293 Å². The van der Waals surface area contributed by atoms with Gasteiger partial charge in [-0.2, -0.15) is 0 Å². The van der Waals surface area contributed by atoms with Crippen LogP contribution < -0.4 is 9.62 Å². The molecular weight excluding hydrogens is 665 g/mol. The molecule has 0 bridgehead atoms. The van der Waals surface area contributed by atoms with Crippen LogP contribution in [0.1, 0.15) is 54.4 Å². The van der Waals surface area contributed by atoms with Crippen molar-refractivity contribution in [3.8, 4) is 0 Å². The van der Waals surface area contributed by atoms with Crippen LogP contribution >= 0.6 is 23.2 Å². The second-order valence-corrected chi connectivity index (χ2v) is 15.2. The van der Waals surface area contributed by atoms with Crippen LogP contribution in [0.4, 0.5) is 5.69 Å². The number of hydrogen-bond acceptors (Lipinski definition) is 4. The van der Waals surface area contributed by atoms with Gasteiger partial charge in [-0.25, -0.2) is 8.42 Å². The zero-order valence-electron chi connectivity index (χ0n) is 27.2. The number of carbonyl (C=O) groups is 2. The summed E-state index contributed by atoms with van der Waals surface area (Å²) >= 11 is 12.7. The molecule has 0 unspecified atom stereocenters. The zero-order valence-corrected chi connectivity index (χ0v) is 29.6. The van der Waals surface area contributed by atoms with Crippen molar-refractivity contribution in [2.24, 2.45) is 0 Å². The van der Waals surface area contributed by atoms with Crippen LogP contribution in [0.2, 0.25) is 10.0 Å². The second kappa shape index (κ2) is 16.0. The van der Waals surface area contributed by atoms with E-state index in [1.165, 1.54) is 35.2 Å². The van der Waals surface area contributed by atoms with E-state index in [1.807, 2.05) is 68.4 Å². The number of nitrogens with zero attached hydrogens (tertiary/aromatic N) is 2. The molecule has 0 aromatic heterocycles. The highest BCUT2D eigenvalue weighted by Crippen LogP contribution is 2.31. The number of anilines is 1. The van der Waals surface area contributed by atoms with E-state index >= 15 is 0 Å². The molecule has 0 spiro atoms. The molecule has 0 saturated heterocycles. The van der Waals surface area contributed by atoms with Crippen molar-refractivity contribution in [2.75, 3.05) is 10.8 Å². The summed E-state index contributed by atoms with van der Waals surface area (Å²) < 4.78 is 29.6. The Morgan fingerprint density at radius 2 is 1.46 bits per heavy atom. The molecule has 1 saturated carbocycles. The lowest BCUT2D eigenvalue weighted by atomic mass is 9.94. The van der Waals surface area contributed by atoms with Crippen LogP contribution in [0.25, 0.3) is 0 Å². The van der Waals surface area contributed by atoms with Gasteiger partial charge in [0.15, 0.2) is 0 Å². The van der Waals surface area contributed by atoms with E-state index in [1.54, 1.807) is 12.1 Å². The van der Waals surface area contributed by atoms with Crippen molar-refractivity contribution >= 4 is 50.7 Å². The van der Waals surface area contributed by atoms with Crippen LogP contribution in [-0.4, -0.2) is 43.8 Å². The van der Waals surface area contributed by atoms with Crippen molar-refractivity contribution in [2.45, 2.75) is 75.9 Å². The number of halogens is 2. The molecule has 1 aliphatic carbocycles. The van der Waals surface area contributed by atoms with E-state index in [4.69, 9.17) is 23.2 Å². The van der Waals surface area contributed by atoms with Gasteiger partial charge < -0.3 is 10.2 Å². The summed E-state index contributed by atoms with van der Waals surface area (Å²) in [7, 11) is -4.27. The van der Waals surface area contributed by atoms with Crippen LogP contribution in [0.5, 0.6) is 0 Å². The van der Waals surface area contributed by atoms with Gasteiger partial charge in [-0.15, -0.1) is 0 Å². The number of carbonyl (C=O) groups excluding carboxylic acids is 2. The lowest BCUT2D eigenvalue weighted by Crippen LogP contribution is -2.55. The van der Waals surface area contributed by atoms with Crippen LogP contribution in [0, 0.1) is 13.8 Å². The molecule has 48 heavy (non-hydrogen) atoms. The number of hydrogen-bond donors (Lipinski definition) is 1. The summed E-state index contributed by atoms with van der Waals surface area (Å²) in [4.78, 5) is 30.5. The van der Waals surface area contributed by atoms with Crippen molar-refractivity contribution in [1.29, 1.82) is 0 Å². The first-order valence-electron chi connectivity index (χ1n) is 16.2. The highest BCUT2D eigenvalue weighted by atomic mass is 35.5. The highest BCUT2D eigenvalue weighted by Gasteiger charge is 2.35. The van der Waals surface area contributed by atoms with Gasteiger partial charge in [-0.05, 0) is 73.7 Å². The number of sulfonamides is 1. The fraction of sp³-hybridized carbons (Fsp3) is 0.316. The van der Waals surface area contributed by atoms with Gasteiger partial charge >= 0.3 is 0 Å². The molecular formula is C38H41Cl2N3O4S. The Kier molecular flexibility index (Phi) is 11.8. The Morgan fingerprint density at radius 3 is 2.10 bits per heavy atom. The van der Waals surface area contributed by atoms with E-state index in [9.17, 15) is 18.0 Å². The summed E-state index contributed by atoms with van der Waals surface area (Å²) in [5, 5.41) is 3.68. The summed E-state index contributed by atoms with van der Waals surface area (Å²) in [6.07, 6.45) is 5.23. The van der Waals surface area contributed by atoms with Gasteiger partial charge in [0.25, 0.3) is 10.0 Å². The average Bonchev–Trinajstić information content (AvgIpc) is 3.06. The molecule has 7 nitrogen and oxygen atoms in total. The summed E-state index contributed by atoms with van der Waals surface area (Å²) in [5.41, 5.74) is 3.72. The lowest BCUT2D eigenvalue weighted by molar-refractivity contribution is -0.140. The Bertz CT molecular complexity index is 1810. The number of rotatable bonds is 12. The van der Waals surface area contributed by atoms with E-state index in [-0.39, 0.29) is 45.5 Å². The molecule has 252 valence electrons. The van der Waals surface area contributed by atoms with Crippen molar-refractivity contribution in [3.05, 3.63) is 129 Å². The molecule has 5 rings (SSSR count). The fourth-order valence-corrected chi connectivity index (χ4v) is 8.03. The molecule has 0 radical (unpaired) electrons. The maximum Gasteiger partial charge on any atom is 0.264 e. The Morgan fingerprint density at radius 1 is 0.833 bits per heavy atom. The SMILES string of the molecule is Cc1ccc(S(=O)(=O)N(CC(=O)N(Cc2ccccc2C)[C@H](Cc2ccccc2)C(=O)NC2CCCCC2)c2cc(Cl)cc(Cl)c2)cc1. The molecule has 10 heteroatoms. The lowest BCUT2D eigenvalue weighted by Gasteiger charge is -2.35. The van der Waals surface area contributed by atoms with Gasteiger partial charge in [0.1, 0.15) is 12.6 Å². The quantitative estimate of drug-likeness (QED) is 0.162. The van der Waals surface area contributed by atoms with Gasteiger partial charge in [0, 0.05) is 29.1 Å². The van der Waals surface area contributed by atoms with E-state index in [2.05, 4.69) is 5.32 Å². The first kappa shape index (κ1) is 35.5. The first-order chi connectivity index (χ1) is 23.0. The van der Waals surface area contributed by atoms with Gasteiger partial charge in [-0.1, -0.05) is 115 Å². The number of benzene rings is 4. The van der Waals surface area contributed by atoms with E-state index in [0.717, 1.165) is 58.7 Å². The third kappa shape index (κ3) is 8.98. The van der Waals surface area contributed by atoms with Crippen LogP contribution in [0.3, 0.4) is 0 Å². The maximum atomic E-state index is 14.7. The average molecular weight is 707 g/mol. The number of amides is 2. The predicted molar refractivity (Wildman–Crippen MR) is 193 cm³/mol. The third-order valence-electron chi connectivity index (χ3n) is 8.85. The number of aryl methyl sites for hydroxylation is 2. The third-order valence-corrected chi connectivity index (χ3v) is 11.1. The molecule has 4 aromatic carbocycles. The minimum atomic E-state index is -4.27. The van der Waals surface area contributed by atoms with Gasteiger partial charge in [-0.3, -0.25) is 13.9 Å². The first-order valence-corrected chi connectivity index (χ1v) is 18.4. The molecule has 4 aromatic rings. The minimum Gasteiger partial charge on any atom is -0.352 e. The largest absolute Gasteiger partial charge is 0.352 e. The monoisotopic (exact) mass is 705 g/mol. The van der Waals surface area contributed by atoms with Crippen LogP contribution in [0.15, 0.2) is 102 Å². The van der Waals surface area contributed by atoms with E-state index < -0.39 is 28.5 Å². The topological polar surface area (TPSA) is 86.8 Å². The van der Waals surface area contributed by atoms with Crippen molar-refractivity contribution in [1.82, 2.24) is 10.2 Å². The molecule has 1 aliphatic rings. The fourth-order valence-electron chi connectivity index (χ4n) is 6.12. The van der Waals surface area contributed by atoms with Gasteiger partial charge in [0.2, 0.25) is 11.8 Å². The summed E-state index contributed by atoms with van der Waals surface area (Å²) in [5.74, 6) is -0.795. The molecule has 1 atom stereocenters. The Balaban J connectivity index is 1.59. The zero-order chi connectivity index (χ0) is 34.3. The predicted octanol–water partition coefficient (Wildman–Crippen LogP) is 7.89. The van der Waals surface area contributed by atoms with E-state index in [0.29, 0.717) is 0 Å². The van der Waals surface area contributed by atoms with Crippen molar-refractivity contribution in [3.63, 3.8) is 0 Å². The standard InChI is InChI=1S/C38H41Cl2N3O4S/c1-27-17-19-35(20-18-27)48(46,47)43(34-23-31(39)22-32(40)24-34)26-37(44)42(25-30-14-10-9-11-28(30)2)36(21-29-12-5-3-6-13-29)38(45)41-33-15-7-4-8-16-33/h3,5-6,9-14,17-20,22-24,33,36H,4,7-8,15-16,21,25-26H2,1-2H3,(H,41,45)/t36-/m1/s1. The molecule has 1 fully saturated rings. The molecule has 0 heterocycles. The normalized spacial score (nSPS) is 14.2. The minimum absolute atomic E-state index is 0.0123. The molecule has 2 amide bonds. The van der Waals surface area contributed by atoms with Gasteiger partial charge in [0.05, 0.1) is 10.6 Å². The van der Waals surface area contributed by atoms with Crippen molar-refractivity contribution < 1.29 is 18.0 Å².